The van der Waals surface area contributed by atoms with E-state index in [1.807, 2.05) is 30.3 Å². The van der Waals surface area contributed by atoms with E-state index in [4.69, 9.17) is 10.00 Å². The molecule has 0 amide bonds. The summed E-state index contributed by atoms with van der Waals surface area (Å²) >= 11 is 0. The summed E-state index contributed by atoms with van der Waals surface area (Å²) in [6.07, 6.45) is 3.40. The van der Waals surface area contributed by atoms with Crippen LogP contribution in [-0.2, 0) is 6.54 Å². The highest BCUT2D eigenvalue weighted by atomic mass is 16.5. The van der Waals surface area contributed by atoms with E-state index in [1.165, 1.54) is 0 Å². The van der Waals surface area contributed by atoms with E-state index in [9.17, 15) is 0 Å². The van der Waals surface area contributed by atoms with E-state index in [2.05, 4.69) is 4.98 Å². The number of nitrogens with zero attached hydrogens (tertiary/aromatic N) is 3. The molecule has 0 saturated carbocycles. The normalized spacial score (nSPS) is 9.75. The van der Waals surface area contributed by atoms with Gasteiger partial charge in [0.05, 0.1) is 13.7 Å². The summed E-state index contributed by atoms with van der Waals surface area (Å²) in [6, 6.07) is 9.78. The Morgan fingerprint density at radius 2 is 2.25 bits per heavy atom. The van der Waals surface area contributed by atoms with Crippen LogP contribution in [0.15, 0.2) is 36.7 Å². The minimum absolute atomic E-state index is 0.408. The predicted octanol–water partition coefficient (Wildman–Crippen LogP) is 1.81. The van der Waals surface area contributed by atoms with Crippen molar-refractivity contribution < 1.29 is 4.74 Å². The van der Waals surface area contributed by atoms with Crippen LogP contribution in [0.5, 0.6) is 5.75 Å². The molecule has 0 saturated heterocycles. The molecule has 16 heavy (non-hydrogen) atoms. The van der Waals surface area contributed by atoms with Crippen molar-refractivity contribution in [1.29, 1.82) is 5.26 Å². The Labute approximate surface area is 93.7 Å². The van der Waals surface area contributed by atoms with Crippen molar-refractivity contribution in [2.24, 2.45) is 0 Å². The van der Waals surface area contributed by atoms with Crippen LogP contribution in [0, 0.1) is 11.3 Å². The molecule has 0 spiro atoms. The number of imidazole rings is 1. The van der Waals surface area contributed by atoms with Gasteiger partial charge in [0.1, 0.15) is 11.8 Å². The molecule has 1 heterocycles. The molecular weight excluding hydrogens is 202 g/mol. The van der Waals surface area contributed by atoms with E-state index in [0.29, 0.717) is 12.4 Å². The van der Waals surface area contributed by atoms with Crippen molar-refractivity contribution in [3.63, 3.8) is 0 Å². The lowest BCUT2D eigenvalue weighted by Gasteiger charge is -2.08. The first-order chi connectivity index (χ1) is 7.85. The van der Waals surface area contributed by atoms with Crippen molar-refractivity contribution in [3.8, 4) is 11.8 Å². The summed E-state index contributed by atoms with van der Waals surface area (Å²) in [5, 5.41) is 8.85. The fourth-order valence-corrected chi connectivity index (χ4v) is 1.57. The first-order valence-electron chi connectivity index (χ1n) is 4.88. The van der Waals surface area contributed by atoms with Crippen LogP contribution in [0.25, 0.3) is 0 Å². The Morgan fingerprint density at radius 3 is 3.00 bits per heavy atom. The molecule has 0 fully saturated rings. The summed E-state index contributed by atoms with van der Waals surface area (Å²) in [5.74, 6) is 1.23. The summed E-state index contributed by atoms with van der Waals surface area (Å²) in [4.78, 5) is 3.95. The van der Waals surface area contributed by atoms with Gasteiger partial charge in [-0.15, -0.1) is 0 Å². The lowest BCUT2D eigenvalue weighted by molar-refractivity contribution is 0.408. The zero-order valence-electron chi connectivity index (χ0n) is 8.92. The quantitative estimate of drug-likeness (QED) is 0.781. The number of para-hydroxylation sites is 1. The Morgan fingerprint density at radius 1 is 1.44 bits per heavy atom. The highest BCUT2D eigenvalue weighted by Gasteiger charge is 2.05. The van der Waals surface area contributed by atoms with E-state index in [1.54, 1.807) is 24.1 Å². The van der Waals surface area contributed by atoms with Gasteiger partial charge in [-0.2, -0.15) is 5.26 Å². The highest BCUT2D eigenvalue weighted by Crippen LogP contribution is 2.18. The molecule has 4 heteroatoms. The molecule has 0 bridgehead atoms. The van der Waals surface area contributed by atoms with Gasteiger partial charge in [0, 0.05) is 18.0 Å². The standard InChI is InChI=1S/C12H11N3O/c1-16-11-5-3-2-4-10(11)9-15-7-6-14-12(15)8-13/h2-7H,9H2,1H3. The maximum absolute atomic E-state index is 8.85. The van der Waals surface area contributed by atoms with E-state index >= 15 is 0 Å². The smallest absolute Gasteiger partial charge is 0.213 e. The Balaban J connectivity index is 2.31. The van der Waals surface area contributed by atoms with E-state index in [-0.39, 0.29) is 0 Å². The van der Waals surface area contributed by atoms with Gasteiger partial charge in [0.15, 0.2) is 0 Å². The monoisotopic (exact) mass is 213 g/mol. The second kappa shape index (κ2) is 4.49. The van der Waals surface area contributed by atoms with Crippen molar-refractivity contribution in [1.82, 2.24) is 9.55 Å². The molecule has 0 atom stereocenters. The molecule has 80 valence electrons. The third kappa shape index (κ3) is 1.89. The van der Waals surface area contributed by atoms with Gasteiger partial charge < -0.3 is 9.30 Å². The molecule has 0 aliphatic rings. The summed E-state index contributed by atoms with van der Waals surface area (Å²) in [7, 11) is 1.64. The molecule has 1 aromatic carbocycles. The molecule has 0 radical (unpaired) electrons. The second-order valence-corrected chi connectivity index (χ2v) is 3.30. The lowest BCUT2D eigenvalue weighted by Crippen LogP contribution is -2.03. The van der Waals surface area contributed by atoms with Crippen LogP contribution >= 0.6 is 0 Å². The maximum atomic E-state index is 8.85. The topological polar surface area (TPSA) is 50.8 Å². The lowest BCUT2D eigenvalue weighted by atomic mass is 10.2. The maximum Gasteiger partial charge on any atom is 0.213 e. The number of methoxy groups -OCH3 is 1. The van der Waals surface area contributed by atoms with Crippen LogP contribution in [0.2, 0.25) is 0 Å². The minimum atomic E-state index is 0.408. The number of hydrogen-bond acceptors (Lipinski definition) is 3. The molecular formula is C12H11N3O. The Kier molecular flexibility index (Phi) is 2.88. The second-order valence-electron chi connectivity index (χ2n) is 3.30. The van der Waals surface area contributed by atoms with Gasteiger partial charge in [-0.3, -0.25) is 0 Å². The molecule has 2 rings (SSSR count). The van der Waals surface area contributed by atoms with Crippen LogP contribution < -0.4 is 4.74 Å². The van der Waals surface area contributed by atoms with E-state index < -0.39 is 0 Å². The first kappa shape index (κ1) is 10.2. The molecule has 0 unspecified atom stereocenters. The summed E-state index contributed by atoms with van der Waals surface area (Å²) < 4.78 is 7.04. The van der Waals surface area contributed by atoms with Crippen molar-refractivity contribution in [3.05, 3.63) is 48.0 Å². The number of hydrogen-bond donors (Lipinski definition) is 0. The number of benzene rings is 1. The van der Waals surface area contributed by atoms with Gasteiger partial charge >= 0.3 is 0 Å². The predicted molar refractivity (Wildman–Crippen MR) is 59.0 cm³/mol. The third-order valence-electron chi connectivity index (χ3n) is 2.35. The van der Waals surface area contributed by atoms with Gasteiger partial charge in [-0.05, 0) is 6.07 Å². The number of aromatic nitrogens is 2. The van der Waals surface area contributed by atoms with Crippen molar-refractivity contribution >= 4 is 0 Å². The fraction of sp³-hybridized carbons (Fsp3) is 0.167. The molecule has 4 nitrogen and oxygen atoms in total. The Bertz CT molecular complexity index is 525. The van der Waals surface area contributed by atoms with Gasteiger partial charge in [-0.1, -0.05) is 18.2 Å². The highest BCUT2D eigenvalue weighted by molar-refractivity contribution is 5.33. The van der Waals surface area contributed by atoms with Crippen LogP contribution in [0.1, 0.15) is 11.4 Å². The average molecular weight is 213 g/mol. The molecule has 1 aromatic heterocycles. The Hall–Kier alpha value is -2.28. The van der Waals surface area contributed by atoms with E-state index in [0.717, 1.165) is 11.3 Å². The van der Waals surface area contributed by atoms with Gasteiger partial charge in [0.2, 0.25) is 5.82 Å². The number of rotatable bonds is 3. The SMILES string of the molecule is COc1ccccc1Cn1ccnc1C#N. The third-order valence-corrected chi connectivity index (χ3v) is 2.35. The molecule has 0 aliphatic carbocycles. The number of ether oxygens (including phenoxy) is 1. The number of nitriles is 1. The average Bonchev–Trinajstić information content (AvgIpc) is 2.77. The molecule has 0 aliphatic heterocycles. The van der Waals surface area contributed by atoms with Gasteiger partial charge in [0.25, 0.3) is 0 Å². The summed E-state index contributed by atoms with van der Waals surface area (Å²) in [5.41, 5.74) is 1.03. The minimum Gasteiger partial charge on any atom is -0.496 e. The zero-order valence-corrected chi connectivity index (χ0v) is 8.92. The zero-order chi connectivity index (χ0) is 11.4. The fourth-order valence-electron chi connectivity index (χ4n) is 1.57. The molecule has 0 N–H and O–H groups in total. The largest absolute Gasteiger partial charge is 0.496 e. The first-order valence-corrected chi connectivity index (χ1v) is 4.88. The van der Waals surface area contributed by atoms with Crippen LogP contribution in [0.4, 0.5) is 0 Å². The van der Waals surface area contributed by atoms with Crippen molar-refractivity contribution in [2.75, 3.05) is 7.11 Å². The van der Waals surface area contributed by atoms with Crippen LogP contribution in [0.3, 0.4) is 0 Å². The van der Waals surface area contributed by atoms with Gasteiger partial charge in [-0.25, -0.2) is 4.98 Å². The van der Waals surface area contributed by atoms with Crippen LogP contribution in [-0.4, -0.2) is 16.7 Å². The van der Waals surface area contributed by atoms with Crippen molar-refractivity contribution in [2.45, 2.75) is 6.54 Å². The summed E-state index contributed by atoms with van der Waals surface area (Å²) in [6.45, 7) is 0.590. The molecule has 2 aromatic rings.